The Hall–Kier alpha value is -1.43. The number of rotatable bonds is 3. The zero-order chi connectivity index (χ0) is 12.4. The Bertz CT molecular complexity index is 439. The van der Waals surface area contributed by atoms with E-state index in [2.05, 4.69) is 17.6 Å². The average Bonchev–Trinajstić information content (AvgIpc) is 2.67. The van der Waals surface area contributed by atoms with Crippen LogP contribution >= 0.6 is 12.6 Å². The number of nitrogens with zero attached hydrogens (tertiary/aromatic N) is 2. The van der Waals surface area contributed by atoms with E-state index in [0.29, 0.717) is 30.4 Å². The summed E-state index contributed by atoms with van der Waals surface area (Å²) in [5.41, 5.74) is 0.662. The van der Waals surface area contributed by atoms with Gasteiger partial charge in [0.15, 0.2) is 0 Å². The van der Waals surface area contributed by atoms with Gasteiger partial charge < -0.3 is 14.4 Å². The van der Waals surface area contributed by atoms with Crippen LogP contribution in [0.5, 0.6) is 11.8 Å². The number of ether oxygens (including phenoxy) is 2. The van der Waals surface area contributed by atoms with Crippen LogP contribution in [-0.2, 0) is 4.79 Å². The molecule has 1 fully saturated rings. The first-order chi connectivity index (χ1) is 8.15. The molecular weight excluding hydrogens is 240 g/mol. The normalized spacial score (nSPS) is 19.6. The summed E-state index contributed by atoms with van der Waals surface area (Å²) in [6.07, 6.45) is 0.443. The number of hydrogen-bond donors (Lipinski definition) is 1. The Morgan fingerprint density at radius 1 is 1.41 bits per heavy atom. The highest BCUT2D eigenvalue weighted by molar-refractivity contribution is 7.81. The highest BCUT2D eigenvalue weighted by Gasteiger charge is 2.30. The summed E-state index contributed by atoms with van der Waals surface area (Å²) < 4.78 is 10.2. The summed E-state index contributed by atoms with van der Waals surface area (Å²) in [5, 5.41) is 0.0642. The number of hydrogen-bond acceptors (Lipinski definition) is 5. The lowest BCUT2D eigenvalue weighted by molar-refractivity contribution is -0.117. The maximum Gasteiger partial charge on any atom is 0.241 e. The van der Waals surface area contributed by atoms with E-state index in [1.165, 1.54) is 14.2 Å². The van der Waals surface area contributed by atoms with E-state index in [0.717, 1.165) is 0 Å². The molecule has 1 aliphatic heterocycles. The number of thiol groups is 1. The van der Waals surface area contributed by atoms with Crippen LogP contribution in [0.25, 0.3) is 0 Å². The largest absolute Gasteiger partial charge is 0.481 e. The molecule has 1 saturated heterocycles. The highest BCUT2D eigenvalue weighted by atomic mass is 32.1. The van der Waals surface area contributed by atoms with E-state index >= 15 is 0 Å². The minimum absolute atomic E-state index is 0.0373. The Labute approximate surface area is 105 Å². The number of pyridine rings is 1. The van der Waals surface area contributed by atoms with E-state index in [-0.39, 0.29) is 11.2 Å². The van der Waals surface area contributed by atoms with Crippen molar-refractivity contribution in [1.82, 2.24) is 4.98 Å². The van der Waals surface area contributed by atoms with Gasteiger partial charge in [-0.25, -0.2) is 0 Å². The van der Waals surface area contributed by atoms with Crippen LogP contribution in [0.1, 0.15) is 6.42 Å². The molecule has 0 spiro atoms. The van der Waals surface area contributed by atoms with Gasteiger partial charge in [-0.15, -0.1) is 0 Å². The minimum atomic E-state index is 0.0373. The predicted molar refractivity (Wildman–Crippen MR) is 67.1 cm³/mol. The molecule has 6 heteroatoms. The number of carbonyl (C=O) groups excluding carboxylic acids is 1. The molecule has 2 heterocycles. The van der Waals surface area contributed by atoms with Crippen LogP contribution in [-0.4, -0.2) is 36.9 Å². The highest BCUT2D eigenvalue weighted by Crippen LogP contribution is 2.32. The lowest BCUT2D eigenvalue weighted by Gasteiger charge is -2.18. The van der Waals surface area contributed by atoms with Crippen LogP contribution in [0.2, 0.25) is 0 Å². The van der Waals surface area contributed by atoms with Gasteiger partial charge in [0.05, 0.1) is 14.2 Å². The quantitative estimate of drug-likeness (QED) is 0.822. The van der Waals surface area contributed by atoms with Crippen molar-refractivity contribution in [3.63, 3.8) is 0 Å². The van der Waals surface area contributed by atoms with Crippen LogP contribution in [0.15, 0.2) is 12.1 Å². The third-order valence-electron chi connectivity index (χ3n) is 2.61. The van der Waals surface area contributed by atoms with Gasteiger partial charge in [0, 0.05) is 24.3 Å². The first-order valence-electron chi connectivity index (χ1n) is 5.23. The standard InChI is InChI=1S/C11H14N2O3S/c1-15-9-4-3-8(11(12-9)16-2)13-6-7(17)5-10(13)14/h3-4,7,17H,5-6H2,1-2H3. The third-order valence-corrected chi connectivity index (χ3v) is 2.96. The van der Waals surface area contributed by atoms with E-state index in [9.17, 15) is 4.79 Å². The number of amides is 1. The Morgan fingerprint density at radius 3 is 2.71 bits per heavy atom. The summed E-state index contributed by atoms with van der Waals surface area (Å²) in [5.74, 6) is 0.884. The lowest BCUT2D eigenvalue weighted by Crippen LogP contribution is -2.25. The topological polar surface area (TPSA) is 51.7 Å². The minimum Gasteiger partial charge on any atom is -0.481 e. The molecule has 1 aromatic rings. The second-order valence-corrected chi connectivity index (χ2v) is 4.47. The van der Waals surface area contributed by atoms with Crippen molar-refractivity contribution in [2.75, 3.05) is 25.7 Å². The van der Waals surface area contributed by atoms with Crippen LogP contribution in [0.4, 0.5) is 5.69 Å². The lowest BCUT2D eigenvalue weighted by atomic mass is 10.3. The maximum atomic E-state index is 11.8. The number of anilines is 1. The van der Waals surface area contributed by atoms with Crippen molar-refractivity contribution >= 4 is 24.2 Å². The molecule has 0 bridgehead atoms. The maximum absolute atomic E-state index is 11.8. The molecule has 1 aliphatic rings. The molecule has 1 aromatic heterocycles. The molecule has 0 N–H and O–H groups in total. The molecule has 2 rings (SSSR count). The monoisotopic (exact) mass is 254 g/mol. The van der Waals surface area contributed by atoms with Crippen molar-refractivity contribution in [3.05, 3.63) is 12.1 Å². The number of aromatic nitrogens is 1. The van der Waals surface area contributed by atoms with Crippen LogP contribution < -0.4 is 14.4 Å². The fourth-order valence-corrected chi connectivity index (χ4v) is 2.13. The first-order valence-corrected chi connectivity index (χ1v) is 5.74. The molecular formula is C11H14N2O3S. The van der Waals surface area contributed by atoms with Crippen molar-refractivity contribution in [2.24, 2.45) is 0 Å². The fourth-order valence-electron chi connectivity index (χ4n) is 1.81. The van der Waals surface area contributed by atoms with Crippen LogP contribution in [0, 0.1) is 0 Å². The second kappa shape index (κ2) is 4.83. The van der Waals surface area contributed by atoms with Gasteiger partial charge in [0.2, 0.25) is 17.7 Å². The van der Waals surface area contributed by atoms with Crippen LogP contribution in [0.3, 0.4) is 0 Å². The van der Waals surface area contributed by atoms with Gasteiger partial charge in [-0.2, -0.15) is 17.6 Å². The van der Waals surface area contributed by atoms with Gasteiger partial charge in [-0.1, -0.05) is 0 Å². The van der Waals surface area contributed by atoms with Crippen molar-refractivity contribution < 1.29 is 14.3 Å². The van der Waals surface area contributed by atoms with Gasteiger partial charge in [0.1, 0.15) is 5.69 Å². The SMILES string of the molecule is COc1ccc(N2CC(S)CC2=O)c(OC)n1. The Kier molecular flexibility index (Phi) is 3.42. The van der Waals surface area contributed by atoms with E-state index in [1.807, 2.05) is 0 Å². The molecule has 0 saturated carbocycles. The Balaban J connectivity index is 2.35. The molecule has 0 aliphatic carbocycles. The molecule has 1 unspecified atom stereocenters. The zero-order valence-corrected chi connectivity index (χ0v) is 10.6. The van der Waals surface area contributed by atoms with E-state index < -0.39 is 0 Å². The van der Waals surface area contributed by atoms with E-state index in [4.69, 9.17) is 9.47 Å². The average molecular weight is 254 g/mol. The van der Waals surface area contributed by atoms with Crippen molar-refractivity contribution in [3.8, 4) is 11.8 Å². The summed E-state index contributed by atoms with van der Waals surface area (Å²) in [7, 11) is 3.05. The molecule has 1 amide bonds. The summed E-state index contributed by atoms with van der Waals surface area (Å²) in [6.45, 7) is 0.576. The molecule has 92 valence electrons. The predicted octanol–water partition coefficient (Wildman–Crippen LogP) is 1.13. The Morgan fingerprint density at radius 2 is 2.18 bits per heavy atom. The van der Waals surface area contributed by atoms with Crippen molar-refractivity contribution in [1.29, 1.82) is 0 Å². The summed E-state index contributed by atoms with van der Waals surface area (Å²) in [6, 6.07) is 3.48. The van der Waals surface area contributed by atoms with Gasteiger partial charge in [-0.3, -0.25) is 4.79 Å². The molecule has 0 radical (unpaired) electrons. The first kappa shape index (κ1) is 12.0. The van der Waals surface area contributed by atoms with Gasteiger partial charge in [-0.05, 0) is 6.07 Å². The summed E-state index contributed by atoms with van der Waals surface area (Å²) >= 11 is 4.32. The van der Waals surface area contributed by atoms with E-state index in [1.54, 1.807) is 17.0 Å². The molecule has 1 atom stereocenters. The van der Waals surface area contributed by atoms with Gasteiger partial charge >= 0.3 is 0 Å². The molecule has 17 heavy (non-hydrogen) atoms. The fraction of sp³-hybridized carbons (Fsp3) is 0.455. The smallest absolute Gasteiger partial charge is 0.241 e. The van der Waals surface area contributed by atoms with Crippen molar-refractivity contribution in [2.45, 2.75) is 11.7 Å². The number of carbonyl (C=O) groups is 1. The zero-order valence-electron chi connectivity index (χ0n) is 9.71. The number of methoxy groups -OCH3 is 2. The summed E-state index contributed by atoms with van der Waals surface area (Å²) in [4.78, 5) is 17.6. The van der Waals surface area contributed by atoms with Gasteiger partial charge in [0.25, 0.3) is 0 Å². The molecule has 0 aromatic carbocycles. The third kappa shape index (κ3) is 2.31. The second-order valence-electron chi connectivity index (χ2n) is 3.74. The molecule has 5 nitrogen and oxygen atoms in total.